The largest absolute Gasteiger partial charge is 0.309 e. The summed E-state index contributed by atoms with van der Waals surface area (Å²) in [5.74, 6) is 1.94. The van der Waals surface area contributed by atoms with E-state index >= 15 is 0 Å². The number of hydrogen-bond donors (Lipinski definition) is 0. The molecule has 0 N–H and O–H groups in total. The second-order valence-electron chi connectivity index (χ2n) is 13.7. The average Bonchev–Trinajstić information content (AvgIpc) is 3.63. The Balaban J connectivity index is 1.27. The van der Waals surface area contributed by atoms with Gasteiger partial charge in [-0.2, -0.15) is 0 Å². The van der Waals surface area contributed by atoms with Crippen molar-refractivity contribution in [2.24, 2.45) is 0 Å². The van der Waals surface area contributed by atoms with E-state index in [1.807, 2.05) is 36.4 Å². The third-order valence-electron chi connectivity index (χ3n) is 10.4. The number of para-hydroxylation sites is 1. The number of benzene rings is 7. The molecule has 1 aliphatic rings. The Morgan fingerprint density at radius 1 is 0.460 bits per heavy atom. The van der Waals surface area contributed by atoms with Crippen molar-refractivity contribution in [3.8, 4) is 51.0 Å². The zero-order valence-corrected chi connectivity index (χ0v) is 27.8. The zero-order valence-electron chi connectivity index (χ0n) is 27.8. The van der Waals surface area contributed by atoms with Gasteiger partial charge in [0, 0.05) is 38.3 Å². The highest BCUT2D eigenvalue weighted by Gasteiger charge is 2.38. The SMILES string of the molecule is CC1(C)c2ccccc2-c2ccc3c(c21)c1ccccc1n3-c1cc(-c2nc(-c3ccccc3)nc(-c3ccccc3)n2)cc2ccccc12. The molecule has 0 atom stereocenters. The summed E-state index contributed by atoms with van der Waals surface area (Å²) in [6, 6.07) is 55.8. The minimum absolute atomic E-state index is 0.142. The molecule has 236 valence electrons. The summed E-state index contributed by atoms with van der Waals surface area (Å²) in [5, 5.41) is 4.87. The Labute approximate surface area is 290 Å². The Hall–Kier alpha value is -6.39. The lowest BCUT2D eigenvalue weighted by molar-refractivity contribution is 0.666. The fraction of sp³-hybridized carbons (Fsp3) is 0.0652. The van der Waals surface area contributed by atoms with Crippen LogP contribution in [0.5, 0.6) is 0 Å². The monoisotopic (exact) mass is 640 g/mol. The van der Waals surface area contributed by atoms with Crippen molar-refractivity contribution in [1.29, 1.82) is 0 Å². The molecule has 1 aliphatic carbocycles. The van der Waals surface area contributed by atoms with Crippen molar-refractivity contribution in [3.05, 3.63) is 169 Å². The number of nitrogens with zero attached hydrogens (tertiary/aromatic N) is 4. The van der Waals surface area contributed by atoms with E-state index in [0.717, 1.165) is 27.8 Å². The predicted octanol–water partition coefficient (Wildman–Crippen LogP) is 11.4. The molecule has 0 saturated carbocycles. The molecule has 9 aromatic rings. The van der Waals surface area contributed by atoms with Gasteiger partial charge in [0.2, 0.25) is 0 Å². The van der Waals surface area contributed by atoms with E-state index in [-0.39, 0.29) is 5.41 Å². The van der Waals surface area contributed by atoms with Gasteiger partial charge in [-0.1, -0.05) is 147 Å². The van der Waals surface area contributed by atoms with Gasteiger partial charge in [0.25, 0.3) is 0 Å². The molecule has 0 bridgehead atoms. The number of hydrogen-bond acceptors (Lipinski definition) is 3. The number of aromatic nitrogens is 4. The zero-order chi connectivity index (χ0) is 33.4. The van der Waals surface area contributed by atoms with Crippen LogP contribution in [0, 0.1) is 0 Å². The van der Waals surface area contributed by atoms with E-state index in [2.05, 4.69) is 140 Å². The molecule has 0 amide bonds. The van der Waals surface area contributed by atoms with Crippen molar-refractivity contribution in [3.63, 3.8) is 0 Å². The van der Waals surface area contributed by atoms with E-state index in [4.69, 9.17) is 15.0 Å². The maximum Gasteiger partial charge on any atom is 0.164 e. The molecule has 0 saturated heterocycles. The summed E-state index contributed by atoms with van der Waals surface area (Å²) < 4.78 is 2.45. The second-order valence-corrected chi connectivity index (χ2v) is 13.7. The minimum Gasteiger partial charge on any atom is -0.309 e. The topological polar surface area (TPSA) is 43.6 Å². The molecule has 4 heteroatoms. The van der Waals surface area contributed by atoms with Gasteiger partial charge in [-0.15, -0.1) is 0 Å². The molecule has 4 nitrogen and oxygen atoms in total. The van der Waals surface area contributed by atoms with Gasteiger partial charge in [-0.3, -0.25) is 0 Å². The normalized spacial score (nSPS) is 13.2. The Kier molecular flexibility index (Phi) is 6.19. The van der Waals surface area contributed by atoms with Gasteiger partial charge in [0.05, 0.1) is 16.7 Å². The van der Waals surface area contributed by atoms with Crippen LogP contribution in [0.25, 0.3) is 83.6 Å². The maximum atomic E-state index is 5.11. The first-order chi connectivity index (χ1) is 24.6. The van der Waals surface area contributed by atoms with Crippen LogP contribution >= 0.6 is 0 Å². The van der Waals surface area contributed by atoms with E-state index in [1.54, 1.807) is 0 Å². The summed E-state index contributed by atoms with van der Waals surface area (Å²) in [6.45, 7) is 4.74. The average molecular weight is 641 g/mol. The molecular formula is C46H32N4. The first-order valence-electron chi connectivity index (χ1n) is 17.1. The van der Waals surface area contributed by atoms with Crippen LogP contribution in [0.15, 0.2) is 158 Å². The highest BCUT2D eigenvalue weighted by molar-refractivity contribution is 6.15. The van der Waals surface area contributed by atoms with E-state index in [0.29, 0.717) is 17.5 Å². The molecular weight excluding hydrogens is 609 g/mol. The highest BCUT2D eigenvalue weighted by Crippen LogP contribution is 2.53. The molecule has 0 radical (unpaired) electrons. The minimum atomic E-state index is -0.142. The third-order valence-corrected chi connectivity index (χ3v) is 10.4. The summed E-state index contributed by atoms with van der Waals surface area (Å²) in [4.78, 5) is 15.2. The number of fused-ring (bicyclic) bond motifs is 8. The van der Waals surface area contributed by atoms with Crippen LogP contribution in [0.1, 0.15) is 25.0 Å². The first kappa shape index (κ1) is 28.6. The molecule has 0 aliphatic heterocycles. The lowest BCUT2D eigenvalue weighted by Gasteiger charge is -2.22. The molecule has 0 fully saturated rings. The van der Waals surface area contributed by atoms with Crippen LogP contribution in [-0.2, 0) is 5.41 Å². The third kappa shape index (κ3) is 4.21. The molecule has 10 rings (SSSR count). The van der Waals surface area contributed by atoms with Crippen molar-refractivity contribution in [1.82, 2.24) is 19.5 Å². The van der Waals surface area contributed by atoms with Crippen molar-refractivity contribution in [2.45, 2.75) is 19.3 Å². The molecule has 0 spiro atoms. The van der Waals surface area contributed by atoms with Gasteiger partial charge in [0.1, 0.15) is 0 Å². The van der Waals surface area contributed by atoms with Gasteiger partial charge < -0.3 is 4.57 Å². The summed E-state index contributed by atoms with van der Waals surface area (Å²) in [5.41, 5.74) is 11.6. The van der Waals surface area contributed by atoms with E-state index in [9.17, 15) is 0 Å². The van der Waals surface area contributed by atoms with Gasteiger partial charge in [0.15, 0.2) is 17.5 Å². The standard InChI is InChI=1S/C46H32N4/c1-46(2)37-23-13-11-21-34(37)35-25-26-39-41(42(35)46)36-22-12-14-24-38(36)50(39)40-28-32(27-31-19-9-10-20-33(31)40)45-48-43(29-15-5-3-6-16-29)47-44(49-45)30-17-7-4-8-18-30/h3-28H,1-2H3. The van der Waals surface area contributed by atoms with Crippen LogP contribution in [0.3, 0.4) is 0 Å². The molecule has 50 heavy (non-hydrogen) atoms. The van der Waals surface area contributed by atoms with E-state index in [1.165, 1.54) is 49.4 Å². The summed E-state index contributed by atoms with van der Waals surface area (Å²) in [6.07, 6.45) is 0. The van der Waals surface area contributed by atoms with Crippen LogP contribution in [0.4, 0.5) is 0 Å². The van der Waals surface area contributed by atoms with Crippen LogP contribution in [-0.4, -0.2) is 19.5 Å². The molecule has 7 aromatic carbocycles. The van der Waals surface area contributed by atoms with Gasteiger partial charge >= 0.3 is 0 Å². The summed E-state index contributed by atoms with van der Waals surface area (Å²) >= 11 is 0. The van der Waals surface area contributed by atoms with Gasteiger partial charge in [-0.05, 0) is 51.9 Å². The summed E-state index contributed by atoms with van der Waals surface area (Å²) in [7, 11) is 0. The smallest absolute Gasteiger partial charge is 0.164 e. The first-order valence-corrected chi connectivity index (χ1v) is 17.1. The molecule has 2 heterocycles. The second kappa shape index (κ2) is 10.8. The Bertz CT molecular complexity index is 2720. The number of rotatable bonds is 4. The Morgan fingerprint density at radius 2 is 1.04 bits per heavy atom. The van der Waals surface area contributed by atoms with E-state index < -0.39 is 0 Å². The van der Waals surface area contributed by atoms with Crippen molar-refractivity contribution >= 4 is 32.6 Å². The highest BCUT2D eigenvalue weighted by atomic mass is 15.0. The lowest BCUT2D eigenvalue weighted by atomic mass is 9.80. The van der Waals surface area contributed by atoms with Crippen molar-refractivity contribution in [2.75, 3.05) is 0 Å². The maximum absolute atomic E-state index is 5.11. The molecule has 2 aromatic heterocycles. The van der Waals surface area contributed by atoms with Gasteiger partial charge in [-0.25, -0.2) is 15.0 Å². The quantitative estimate of drug-likeness (QED) is 0.192. The fourth-order valence-electron chi connectivity index (χ4n) is 8.13. The predicted molar refractivity (Wildman–Crippen MR) is 206 cm³/mol. The van der Waals surface area contributed by atoms with Crippen molar-refractivity contribution < 1.29 is 0 Å². The van der Waals surface area contributed by atoms with Crippen LogP contribution < -0.4 is 0 Å². The fourth-order valence-corrected chi connectivity index (χ4v) is 8.13. The Morgan fingerprint density at radius 3 is 1.76 bits per heavy atom. The lowest BCUT2D eigenvalue weighted by Crippen LogP contribution is -2.15. The molecule has 0 unspecified atom stereocenters. The van der Waals surface area contributed by atoms with Crippen LogP contribution in [0.2, 0.25) is 0 Å².